The second kappa shape index (κ2) is 20.2. The first kappa shape index (κ1) is 28.6. The number of anilines is 1. The second-order valence-electron chi connectivity index (χ2n) is 7.77. The van der Waals surface area contributed by atoms with E-state index in [-0.39, 0.29) is 12.3 Å². The van der Waals surface area contributed by atoms with Crippen LogP contribution in [0, 0.1) is 0 Å². The molecule has 0 spiro atoms. The van der Waals surface area contributed by atoms with Gasteiger partial charge in [0.2, 0.25) is 5.91 Å². The number of benzene rings is 1. The highest BCUT2D eigenvalue weighted by Crippen LogP contribution is 2.12. The van der Waals surface area contributed by atoms with E-state index in [0.29, 0.717) is 24.1 Å². The molecule has 0 unspecified atom stereocenters. The zero-order chi connectivity index (χ0) is 24.7. The Morgan fingerprint density at radius 3 is 1.76 bits per heavy atom. The number of rotatable bonds is 17. The van der Waals surface area contributed by atoms with Crippen LogP contribution in [0.2, 0.25) is 0 Å². The summed E-state index contributed by atoms with van der Waals surface area (Å²) in [5.41, 5.74) is 1.30. The van der Waals surface area contributed by atoms with Gasteiger partial charge in [0.05, 0.1) is 6.42 Å². The van der Waals surface area contributed by atoms with Gasteiger partial charge in [0.15, 0.2) is 0 Å². The van der Waals surface area contributed by atoms with Crippen molar-refractivity contribution >= 4 is 17.6 Å². The number of allylic oxidation sites excluding steroid dienone is 12. The summed E-state index contributed by atoms with van der Waals surface area (Å²) in [7, 11) is 0. The fraction of sp³-hybridized carbons (Fsp3) is 0.333. The highest BCUT2D eigenvalue weighted by Gasteiger charge is 2.04. The summed E-state index contributed by atoms with van der Waals surface area (Å²) in [4.78, 5) is 22.8. The molecular weight excluding hydrogens is 422 g/mol. The normalized spacial score (nSPS) is 12.4. The fourth-order valence-corrected chi connectivity index (χ4v) is 3.01. The third-order valence-electron chi connectivity index (χ3n) is 4.70. The summed E-state index contributed by atoms with van der Waals surface area (Å²) < 4.78 is 0. The first-order valence-corrected chi connectivity index (χ1v) is 12.1. The average molecular weight is 462 g/mol. The van der Waals surface area contributed by atoms with E-state index in [1.165, 1.54) is 0 Å². The quantitative estimate of drug-likeness (QED) is 0.233. The molecule has 0 aromatic heterocycles. The molecule has 0 radical (unpaired) electrons. The summed E-state index contributed by atoms with van der Waals surface area (Å²) in [6.07, 6.45) is 32.7. The third-order valence-corrected chi connectivity index (χ3v) is 4.70. The lowest BCUT2D eigenvalue weighted by molar-refractivity contribution is -0.136. The van der Waals surface area contributed by atoms with Crippen LogP contribution in [-0.2, 0) is 16.0 Å². The van der Waals surface area contributed by atoms with E-state index in [1.54, 1.807) is 24.3 Å². The lowest BCUT2D eigenvalue weighted by Gasteiger charge is -2.05. The van der Waals surface area contributed by atoms with E-state index >= 15 is 0 Å². The lowest BCUT2D eigenvalue weighted by atomic mass is 10.1. The van der Waals surface area contributed by atoms with Crippen molar-refractivity contribution in [2.75, 3.05) is 5.32 Å². The molecule has 182 valence electrons. The summed E-state index contributed by atoms with van der Waals surface area (Å²) in [5, 5.41) is 11.7. The minimum absolute atomic E-state index is 0.0533. The van der Waals surface area contributed by atoms with Gasteiger partial charge in [0, 0.05) is 12.1 Å². The molecule has 0 saturated heterocycles. The Labute approximate surface area is 205 Å². The molecular formula is C30H39NO3. The molecule has 2 N–H and O–H groups in total. The Morgan fingerprint density at radius 1 is 0.765 bits per heavy atom. The van der Waals surface area contributed by atoms with Crippen molar-refractivity contribution in [3.8, 4) is 0 Å². The van der Waals surface area contributed by atoms with Gasteiger partial charge >= 0.3 is 5.97 Å². The van der Waals surface area contributed by atoms with E-state index in [4.69, 9.17) is 5.11 Å². The fourth-order valence-electron chi connectivity index (χ4n) is 3.01. The van der Waals surface area contributed by atoms with Crippen LogP contribution < -0.4 is 5.32 Å². The Balaban J connectivity index is 2.08. The molecule has 0 fully saturated rings. The number of amides is 1. The van der Waals surface area contributed by atoms with Crippen LogP contribution in [0.1, 0.15) is 63.9 Å². The van der Waals surface area contributed by atoms with Crippen LogP contribution in [0.3, 0.4) is 0 Å². The molecule has 0 bridgehead atoms. The minimum Gasteiger partial charge on any atom is -0.481 e. The van der Waals surface area contributed by atoms with E-state index in [2.05, 4.69) is 79.1 Å². The van der Waals surface area contributed by atoms with Crippen LogP contribution in [-0.4, -0.2) is 17.0 Å². The molecule has 0 aliphatic heterocycles. The zero-order valence-corrected chi connectivity index (χ0v) is 20.4. The van der Waals surface area contributed by atoms with Gasteiger partial charge in [-0.25, -0.2) is 0 Å². The number of aliphatic carboxylic acids is 1. The molecule has 4 nitrogen and oxygen atoms in total. The summed E-state index contributed by atoms with van der Waals surface area (Å²) >= 11 is 0. The van der Waals surface area contributed by atoms with Crippen molar-refractivity contribution in [1.29, 1.82) is 0 Å². The first-order valence-electron chi connectivity index (χ1n) is 12.1. The minimum atomic E-state index is -0.888. The molecule has 0 saturated carbocycles. The van der Waals surface area contributed by atoms with Gasteiger partial charge in [-0.3, -0.25) is 9.59 Å². The average Bonchev–Trinajstić information content (AvgIpc) is 2.80. The number of hydrogen-bond acceptors (Lipinski definition) is 2. The maximum absolute atomic E-state index is 12.0. The molecule has 1 rings (SSSR count). The predicted octanol–water partition coefficient (Wildman–Crippen LogP) is 7.73. The van der Waals surface area contributed by atoms with Crippen molar-refractivity contribution in [3.05, 3.63) is 103 Å². The Kier molecular flexibility index (Phi) is 17.0. The maximum atomic E-state index is 12.0. The van der Waals surface area contributed by atoms with Crippen molar-refractivity contribution in [2.24, 2.45) is 0 Å². The van der Waals surface area contributed by atoms with Crippen LogP contribution in [0.15, 0.2) is 97.2 Å². The van der Waals surface area contributed by atoms with Gasteiger partial charge in [0.1, 0.15) is 0 Å². The van der Waals surface area contributed by atoms with Crippen molar-refractivity contribution < 1.29 is 14.7 Å². The van der Waals surface area contributed by atoms with E-state index < -0.39 is 5.97 Å². The Bertz CT molecular complexity index is 888. The van der Waals surface area contributed by atoms with E-state index in [0.717, 1.165) is 38.5 Å². The number of hydrogen-bond donors (Lipinski definition) is 2. The SMILES string of the molecule is CC/C=C\C/C=C\C/C=C\C/C=C\C/C=C\C/C=C\CCC(=O)Nc1cccc(CC(=O)O)c1. The molecule has 0 aliphatic carbocycles. The van der Waals surface area contributed by atoms with Crippen molar-refractivity contribution in [2.45, 2.75) is 64.7 Å². The van der Waals surface area contributed by atoms with Gasteiger partial charge in [-0.05, 0) is 62.6 Å². The molecule has 34 heavy (non-hydrogen) atoms. The van der Waals surface area contributed by atoms with Gasteiger partial charge in [0.25, 0.3) is 0 Å². The molecule has 4 heteroatoms. The number of carbonyl (C=O) groups excluding carboxylic acids is 1. The van der Waals surface area contributed by atoms with Gasteiger partial charge in [-0.15, -0.1) is 0 Å². The van der Waals surface area contributed by atoms with Crippen molar-refractivity contribution in [3.63, 3.8) is 0 Å². The third kappa shape index (κ3) is 17.2. The molecule has 0 heterocycles. The molecule has 0 atom stereocenters. The van der Waals surface area contributed by atoms with Gasteiger partial charge < -0.3 is 10.4 Å². The first-order chi connectivity index (χ1) is 16.6. The van der Waals surface area contributed by atoms with Crippen LogP contribution >= 0.6 is 0 Å². The van der Waals surface area contributed by atoms with Crippen LogP contribution in [0.25, 0.3) is 0 Å². The Hall–Kier alpha value is -3.40. The number of carboxylic acids is 1. The van der Waals surface area contributed by atoms with E-state index in [9.17, 15) is 9.59 Å². The van der Waals surface area contributed by atoms with E-state index in [1.807, 2.05) is 6.08 Å². The molecule has 1 amide bonds. The van der Waals surface area contributed by atoms with Crippen LogP contribution in [0.5, 0.6) is 0 Å². The van der Waals surface area contributed by atoms with Crippen LogP contribution in [0.4, 0.5) is 5.69 Å². The maximum Gasteiger partial charge on any atom is 0.307 e. The molecule has 0 aliphatic rings. The summed E-state index contributed by atoms with van der Waals surface area (Å²) in [5.74, 6) is -0.965. The standard InChI is InChI=1S/C30H39NO3/c1-2-3-4-5-6-7-8-9-10-11-12-13-14-15-16-17-18-19-20-24-29(32)31-28-23-21-22-27(25-28)26-30(33)34/h3-4,6-7,9-10,12-13,15-16,18-19,21-23,25H,2,5,8,11,14,17,20,24,26H2,1H3,(H,31,32)(H,33,34)/b4-3-,7-6-,10-9-,13-12-,16-15-,19-18-. The smallest absolute Gasteiger partial charge is 0.307 e. The zero-order valence-electron chi connectivity index (χ0n) is 20.4. The number of nitrogens with one attached hydrogen (secondary N) is 1. The highest BCUT2D eigenvalue weighted by molar-refractivity contribution is 5.90. The van der Waals surface area contributed by atoms with Crippen molar-refractivity contribution in [1.82, 2.24) is 0 Å². The lowest BCUT2D eigenvalue weighted by Crippen LogP contribution is -2.11. The number of carbonyl (C=O) groups is 2. The highest BCUT2D eigenvalue weighted by atomic mass is 16.4. The Morgan fingerprint density at radius 2 is 1.26 bits per heavy atom. The monoisotopic (exact) mass is 461 g/mol. The topological polar surface area (TPSA) is 66.4 Å². The molecule has 1 aromatic carbocycles. The largest absolute Gasteiger partial charge is 0.481 e. The second-order valence-corrected chi connectivity index (χ2v) is 7.77. The number of carboxylic acid groups (broad SMARTS) is 1. The van der Waals surface area contributed by atoms with Gasteiger partial charge in [-0.1, -0.05) is 92.0 Å². The molecule has 1 aromatic rings. The summed E-state index contributed by atoms with van der Waals surface area (Å²) in [6.45, 7) is 2.15. The van der Waals surface area contributed by atoms with Gasteiger partial charge in [-0.2, -0.15) is 0 Å². The predicted molar refractivity (Wildman–Crippen MR) is 144 cm³/mol. The summed E-state index contributed by atoms with van der Waals surface area (Å²) in [6, 6.07) is 6.95.